The molecular weight excluding hydrogens is 396 g/mol. The smallest absolute Gasteiger partial charge is 0.234 e. The molecule has 0 unspecified atom stereocenters. The number of carbonyl (C=O) groups is 1. The number of rotatable bonds is 6. The minimum absolute atomic E-state index is 0.0837. The van der Waals surface area contributed by atoms with Gasteiger partial charge >= 0.3 is 0 Å². The van der Waals surface area contributed by atoms with Gasteiger partial charge in [0.15, 0.2) is 11.0 Å². The van der Waals surface area contributed by atoms with Gasteiger partial charge in [-0.15, -0.1) is 22.0 Å². The second kappa shape index (κ2) is 8.13. The maximum atomic E-state index is 12.3. The van der Waals surface area contributed by atoms with Crippen molar-refractivity contribution in [3.8, 4) is 0 Å². The van der Waals surface area contributed by atoms with Crippen LogP contribution in [0, 0.1) is 0 Å². The lowest BCUT2D eigenvalue weighted by Gasteiger charge is -2.16. The molecule has 0 bridgehead atoms. The van der Waals surface area contributed by atoms with E-state index in [1.165, 1.54) is 11.8 Å². The fraction of sp³-hybridized carbons (Fsp3) is 0.167. The molecule has 1 aromatic heterocycles. The largest absolute Gasteiger partial charge is 0.325 e. The highest BCUT2D eigenvalue weighted by Crippen LogP contribution is 2.27. The number of anilines is 1. The molecule has 3 heterocycles. The molecule has 2 aromatic rings. The summed E-state index contributed by atoms with van der Waals surface area (Å²) in [6, 6.07) is 7.77. The van der Waals surface area contributed by atoms with Gasteiger partial charge in [0.2, 0.25) is 5.91 Å². The van der Waals surface area contributed by atoms with Gasteiger partial charge in [-0.25, -0.2) is 10.5 Å². The summed E-state index contributed by atoms with van der Waals surface area (Å²) < 4.78 is 1.88. The lowest BCUT2D eigenvalue weighted by atomic mass is 10.1. The molecule has 0 aliphatic carbocycles. The van der Waals surface area contributed by atoms with Gasteiger partial charge < -0.3 is 9.88 Å². The van der Waals surface area contributed by atoms with Crippen LogP contribution in [0.2, 0.25) is 0 Å². The molecule has 2 aliphatic heterocycles. The number of fused-ring (bicyclic) bond motifs is 1. The zero-order valence-electron chi connectivity index (χ0n) is 15.2. The van der Waals surface area contributed by atoms with Gasteiger partial charge in [0.05, 0.1) is 17.6 Å². The molecule has 144 valence electrons. The van der Waals surface area contributed by atoms with Gasteiger partial charge in [0.1, 0.15) is 0 Å². The first-order chi connectivity index (χ1) is 13.6. The Balaban J connectivity index is 1.39. The fourth-order valence-corrected chi connectivity index (χ4v) is 3.87. The second-order valence-corrected chi connectivity index (χ2v) is 7.78. The molecule has 28 heavy (non-hydrogen) atoms. The Bertz CT molecular complexity index is 998. The molecular formula is C18H18N6O2S2. The van der Waals surface area contributed by atoms with Gasteiger partial charge in [-0.05, 0) is 36.6 Å². The minimum atomic E-state index is -0.0837. The van der Waals surface area contributed by atoms with Gasteiger partial charge in [-0.3, -0.25) is 4.79 Å². The number of aromatic nitrogens is 3. The van der Waals surface area contributed by atoms with E-state index in [0.29, 0.717) is 5.16 Å². The van der Waals surface area contributed by atoms with Crippen molar-refractivity contribution in [2.24, 2.45) is 7.05 Å². The summed E-state index contributed by atoms with van der Waals surface area (Å²) >= 11 is 2.98. The highest BCUT2D eigenvalue weighted by Gasteiger charge is 2.20. The first kappa shape index (κ1) is 18.7. The van der Waals surface area contributed by atoms with Crippen LogP contribution >= 0.6 is 23.5 Å². The Morgan fingerprint density at radius 1 is 1.36 bits per heavy atom. The van der Waals surface area contributed by atoms with Crippen LogP contribution in [-0.2, 0) is 16.8 Å². The lowest BCUT2D eigenvalue weighted by Crippen LogP contribution is -2.16. The Labute approximate surface area is 170 Å². The SMILES string of the molecule is CSc1cccc(NC(=O)CSc2nnc(C3=CC4=CNON4C=C3)n2C)c1. The number of carbonyl (C=O) groups excluding carboxylic acids is 1. The highest BCUT2D eigenvalue weighted by molar-refractivity contribution is 7.99. The molecule has 4 rings (SSSR count). The van der Waals surface area contributed by atoms with Crippen LogP contribution in [0.3, 0.4) is 0 Å². The van der Waals surface area contributed by atoms with E-state index in [2.05, 4.69) is 21.0 Å². The van der Waals surface area contributed by atoms with Crippen molar-refractivity contribution in [1.82, 2.24) is 25.3 Å². The number of amides is 1. The van der Waals surface area contributed by atoms with Crippen molar-refractivity contribution in [1.29, 1.82) is 0 Å². The topological polar surface area (TPSA) is 84.3 Å². The van der Waals surface area contributed by atoms with Crippen LogP contribution in [0.25, 0.3) is 5.57 Å². The number of hydroxylamine groups is 3. The molecule has 8 nitrogen and oxygen atoms in total. The molecule has 2 N–H and O–H groups in total. The summed E-state index contributed by atoms with van der Waals surface area (Å²) in [6.45, 7) is 0. The van der Waals surface area contributed by atoms with Crippen LogP contribution in [-0.4, -0.2) is 37.7 Å². The third kappa shape index (κ3) is 3.93. The second-order valence-electron chi connectivity index (χ2n) is 5.95. The Morgan fingerprint density at radius 3 is 3.11 bits per heavy atom. The van der Waals surface area contributed by atoms with E-state index in [0.717, 1.165) is 27.7 Å². The summed E-state index contributed by atoms with van der Waals surface area (Å²) in [6.07, 6.45) is 9.41. The van der Waals surface area contributed by atoms with Crippen molar-refractivity contribution in [3.63, 3.8) is 0 Å². The summed E-state index contributed by atoms with van der Waals surface area (Å²) in [5.74, 6) is 0.889. The van der Waals surface area contributed by atoms with E-state index >= 15 is 0 Å². The number of nitrogens with zero attached hydrogens (tertiary/aromatic N) is 4. The monoisotopic (exact) mass is 414 g/mol. The quantitative estimate of drug-likeness (QED) is 0.698. The molecule has 0 saturated heterocycles. The first-order valence-electron chi connectivity index (χ1n) is 8.42. The maximum Gasteiger partial charge on any atom is 0.234 e. The van der Waals surface area contributed by atoms with Crippen molar-refractivity contribution >= 4 is 40.7 Å². The summed E-state index contributed by atoms with van der Waals surface area (Å²) in [7, 11) is 1.89. The molecule has 1 amide bonds. The number of hydrogen-bond donors (Lipinski definition) is 2. The zero-order valence-corrected chi connectivity index (χ0v) is 16.9. The van der Waals surface area contributed by atoms with Gasteiger partial charge in [0, 0.05) is 29.4 Å². The van der Waals surface area contributed by atoms with E-state index in [1.54, 1.807) is 29.2 Å². The molecule has 0 radical (unpaired) electrons. The average Bonchev–Trinajstić information content (AvgIpc) is 3.32. The third-order valence-electron chi connectivity index (χ3n) is 4.08. The molecule has 1 aromatic carbocycles. The summed E-state index contributed by atoms with van der Waals surface area (Å²) in [4.78, 5) is 18.6. The number of thioether (sulfide) groups is 2. The molecule has 0 saturated carbocycles. The van der Waals surface area contributed by atoms with Crippen LogP contribution in [0.1, 0.15) is 5.82 Å². The predicted octanol–water partition coefficient (Wildman–Crippen LogP) is 2.77. The Kier molecular flexibility index (Phi) is 5.42. The Morgan fingerprint density at radius 2 is 2.25 bits per heavy atom. The minimum Gasteiger partial charge on any atom is -0.325 e. The van der Waals surface area contributed by atoms with Crippen LogP contribution in [0.15, 0.2) is 64.6 Å². The standard InChI is InChI=1S/C18H18N6O2S2/c1-23-17(12-6-7-24-14(8-12)10-19-26-24)21-22-18(23)28-11-16(25)20-13-4-3-5-15(9-13)27-2/h3-10,19H,11H2,1-2H3,(H,20,25). The van der Waals surface area contributed by atoms with Crippen molar-refractivity contribution in [2.75, 3.05) is 17.3 Å². The van der Waals surface area contributed by atoms with Crippen molar-refractivity contribution in [3.05, 3.63) is 60.3 Å². The average molecular weight is 415 g/mol. The van der Waals surface area contributed by atoms with Crippen LogP contribution in [0.4, 0.5) is 5.69 Å². The molecule has 0 fully saturated rings. The van der Waals surface area contributed by atoms with Crippen molar-refractivity contribution in [2.45, 2.75) is 10.1 Å². The number of allylic oxidation sites excluding steroid dienone is 3. The molecule has 0 spiro atoms. The van der Waals surface area contributed by atoms with Gasteiger partial charge in [-0.1, -0.05) is 17.8 Å². The van der Waals surface area contributed by atoms with Gasteiger partial charge in [-0.2, -0.15) is 4.94 Å². The maximum absolute atomic E-state index is 12.3. The van der Waals surface area contributed by atoms with Crippen LogP contribution in [0.5, 0.6) is 0 Å². The highest BCUT2D eigenvalue weighted by atomic mass is 32.2. The predicted molar refractivity (Wildman–Crippen MR) is 110 cm³/mol. The lowest BCUT2D eigenvalue weighted by molar-refractivity contribution is -0.113. The molecule has 2 aliphatic rings. The van der Waals surface area contributed by atoms with E-state index in [9.17, 15) is 4.79 Å². The zero-order chi connectivity index (χ0) is 19.5. The van der Waals surface area contributed by atoms with E-state index in [4.69, 9.17) is 4.94 Å². The number of benzene rings is 1. The first-order valence-corrected chi connectivity index (χ1v) is 10.6. The summed E-state index contributed by atoms with van der Waals surface area (Å²) in [5, 5.41) is 13.7. The van der Waals surface area contributed by atoms with E-state index < -0.39 is 0 Å². The fourth-order valence-electron chi connectivity index (χ4n) is 2.70. The number of nitrogens with one attached hydrogen (secondary N) is 2. The van der Waals surface area contributed by atoms with Gasteiger partial charge in [0.25, 0.3) is 0 Å². The number of hydrogen-bond acceptors (Lipinski definition) is 8. The summed E-state index contributed by atoms with van der Waals surface area (Å²) in [5.41, 5.74) is 5.27. The third-order valence-corrected chi connectivity index (χ3v) is 5.83. The normalized spacial score (nSPS) is 15.0. The van der Waals surface area contributed by atoms with E-state index in [1.807, 2.05) is 54.3 Å². The molecule has 10 heteroatoms. The Hall–Kier alpha value is -2.69. The van der Waals surface area contributed by atoms with Crippen LogP contribution < -0.4 is 10.8 Å². The molecule has 0 atom stereocenters. The van der Waals surface area contributed by atoms with Crippen molar-refractivity contribution < 1.29 is 9.73 Å². The van der Waals surface area contributed by atoms with E-state index in [-0.39, 0.29) is 11.7 Å².